The Morgan fingerprint density at radius 3 is 2.36 bits per heavy atom. The zero-order chi connectivity index (χ0) is 8.27. The molecule has 0 saturated heterocycles. The van der Waals surface area contributed by atoms with Crippen LogP contribution in [0.1, 0.15) is 11.1 Å². The van der Waals surface area contributed by atoms with Crippen molar-refractivity contribution in [1.29, 1.82) is 0 Å². The van der Waals surface area contributed by atoms with E-state index in [0.717, 1.165) is 16.8 Å². The van der Waals surface area contributed by atoms with Crippen LogP contribution in [0, 0.1) is 0 Å². The van der Waals surface area contributed by atoms with Crippen molar-refractivity contribution in [1.82, 2.24) is 0 Å². The third-order valence-electron chi connectivity index (χ3n) is 1.60. The van der Waals surface area contributed by atoms with Crippen LogP contribution in [-0.2, 0) is 0 Å². The Morgan fingerprint density at radius 2 is 1.91 bits per heavy atom. The fraction of sp³-hybridized carbons (Fsp3) is 0. The van der Waals surface area contributed by atoms with Crippen LogP contribution < -0.4 is 5.73 Å². The normalized spacial score (nSPS) is 9.09. The molecular weight excluding hydrogens is 134 g/mol. The zero-order valence-corrected chi connectivity index (χ0v) is 6.38. The van der Waals surface area contributed by atoms with Gasteiger partial charge in [0.25, 0.3) is 0 Å². The highest BCUT2D eigenvalue weighted by atomic mass is 14.6. The summed E-state index contributed by atoms with van der Waals surface area (Å²) in [4.78, 5) is 0. The highest BCUT2D eigenvalue weighted by Crippen LogP contribution is 2.18. The third-order valence-corrected chi connectivity index (χ3v) is 1.60. The van der Waals surface area contributed by atoms with E-state index >= 15 is 0 Å². The fourth-order valence-electron chi connectivity index (χ4n) is 1.02. The van der Waals surface area contributed by atoms with Crippen molar-refractivity contribution in [3.8, 4) is 0 Å². The van der Waals surface area contributed by atoms with Crippen molar-refractivity contribution in [2.75, 3.05) is 5.73 Å². The molecule has 0 aliphatic heterocycles. The molecule has 0 unspecified atom stereocenters. The van der Waals surface area contributed by atoms with Crippen molar-refractivity contribution in [2.24, 2.45) is 0 Å². The maximum absolute atomic E-state index is 5.69. The summed E-state index contributed by atoms with van der Waals surface area (Å²) in [5, 5.41) is 0. The lowest BCUT2D eigenvalue weighted by molar-refractivity contribution is 1.60. The summed E-state index contributed by atoms with van der Waals surface area (Å²) in [6.45, 7) is 7.35. The van der Waals surface area contributed by atoms with Gasteiger partial charge in [-0.25, -0.2) is 0 Å². The monoisotopic (exact) mass is 145 g/mol. The topological polar surface area (TPSA) is 26.0 Å². The molecule has 0 radical (unpaired) electrons. The van der Waals surface area contributed by atoms with E-state index < -0.39 is 0 Å². The predicted molar refractivity (Wildman–Crippen MR) is 51.0 cm³/mol. The minimum Gasteiger partial charge on any atom is -0.398 e. The molecule has 0 fully saturated rings. The SMILES string of the molecule is C=Cc1cccc(N)c1C=C. The van der Waals surface area contributed by atoms with E-state index in [-0.39, 0.29) is 0 Å². The van der Waals surface area contributed by atoms with Crippen molar-refractivity contribution < 1.29 is 0 Å². The zero-order valence-electron chi connectivity index (χ0n) is 6.38. The van der Waals surface area contributed by atoms with Crippen LogP contribution in [0.3, 0.4) is 0 Å². The standard InChI is InChI=1S/C10H11N/c1-3-8-6-5-7-10(11)9(8)4-2/h3-7H,1-2,11H2. The van der Waals surface area contributed by atoms with Gasteiger partial charge in [0.1, 0.15) is 0 Å². The molecule has 0 heterocycles. The average Bonchev–Trinajstić information content (AvgIpc) is 2.04. The maximum Gasteiger partial charge on any atom is 0.0393 e. The van der Waals surface area contributed by atoms with Crippen LogP contribution in [0.2, 0.25) is 0 Å². The predicted octanol–water partition coefficient (Wildman–Crippen LogP) is 2.55. The lowest BCUT2D eigenvalue weighted by Crippen LogP contribution is -1.90. The Balaban J connectivity index is 3.35. The first-order valence-corrected chi connectivity index (χ1v) is 3.43. The average molecular weight is 145 g/mol. The van der Waals surface area contributed by atoms with Gasteiger partial charge in [-0.2, -0.15) is 0 Å². The Morgan fingerprint density at radius 1 is 1.18 bits per heavy atom. The summed E-state index contributed by atoms with van der Waals surface area (Å²) >= 11 is 0. The first kappa shape index (κ1) is 7.61. The minimum atomic E-state index is 0.748. The summed E-state index contributed by atoms with van der Waals surface area (Å²) < 4.78 is 0. The van der Waals surface area contributed by atoms with Gasteiger partial charge in [0.15, 0.2) is 0 Å². The second-order valence-electron chi connectivity index (χ2n) is 2.26. The van der Waals surface area contributed by atoms with Crippen molar-refractivity contribution in [3.05, 3.63) is 42.5 Å². The van der Waals surface area contributed by atoms with Crippen molar-refractivity contribution >= 4 is 17.8 Å². The van der Waals surface area contributed by atoms with E-state index in [0.29, 0.717) is 0 Å². The number of hydrogen-bond acceptors (Lipinski definition) is 1. The summed E-state index contributed by atoms with van der Waals surface area (Å²) in [6, 6.07) is 5.71. The molecule has 0 aliphatic carbocycles. The maximum atomic E-state index is 5.69. The summed E-state index contributed by atoms with van der Waals surface area (Å²) in [6.07, 6.45) is 3.51. The van der Waals surface area contributed by atoms with E-state index in [4.69, 9.17) is 5.73 Å². The molecule has 1 aromatic rings. The van der Waals surface area contributed by atoms with Gasteiger partial charge in [0.2, 0.25) is 0 Å². The Kier molecular flexibility index (Phi) is 2.12. The molecule has 56 valence electrons. The van der Waals surface area contributed by atoms with Gasteiger partial charge in [0.05, 0.1) is 0 Å². The molecular formula is C10H11N. The smallest absolute Gasteiger partial charge is 0.0393 e. The molecule has 11 heavy (non-hydrogen) atoms. The highest BCUT2D eigenvalue weighted by Gasteiger charge is 1.96. The number of benzene rings is 1. The van der Waals surface area contributed by atoms with Gasteiger partial charge in [0, 0.05) is 11.3 Å². The summed E-state index contributed by atoms with van der Waals surface area (Å²) in [5.74, 6) is 0. The van der Waals surface area contributed by atoms with Crippen molar-refractivity contribution in [3.63, 3.8) is 0 Å². The van der Waals surface area contributed by atoms with Gasteiger partial charge in [-0.3, -0.25) is 0 Å². The van der Waals surface area contributed by atoms with Crippen LogP contribution >= 0.6 is 0 Å². The molecule has 1 nitrogen and oxygen atoms in total. The molecule has 1 heteroatoms. The number of rotatable bonds is 2. The van der Waals surface area contributed by atoms with Crippen LogP contribution in [0.15, 0.2) is 31.4 Å². The second-order valence-corrected chi connectivity index (χ2v) is 2.26. The molecule has 0 amide bonds. The van der Waals surface area contributed by atoms with E-state index in [1.807, 2.05) is 18.2 Å². The fourth-order valence-corrected chi connectivity index (χ4v) is 1.02. The molecule has 2 N–H and O–H groups in total. The Labute approximate surface area is 66.9 Å². The van der Waals surface area contributed by atoms with E-state index in [1.165, 1.54) is 0 Å². The van der Waals surface area contributed by atoms with Crippen LogP contribution in [0.5, 0.6) is 0 Å². The number of anilines is 1. The number of nitrogens with two attached hydrogens (primary N) is 1. The van der Waals surface area contributed by atoms with Gasteiger partial charge in [-0.05, 0) is 11.6 Å². The number of hydrogen-bond donors (Lipinski definition) is 1. The molecule has 1 rings (SSSR count). The molecule has 0 bridgehead atoms. The minimum absolute atomic E-state index is 0.748. The van der Waals surface area contributed by atoms with Gasteiger partial charge >= 0.3 is 0 Å². The Bertz CT molecular complexity index is 287. The summed E-state index contributed by atoms with van der Waals surface area (Å²) in [5.41, 5.74) is 8.42. The van der Waals surface area contributed by atoms with Crippen LogP contribution in [-0.4, -0.2) is 0 Å². The molecule has 0 aromatic heterocycles. The van der Waals surface area contributed by atoms with E-state index in [2.05, 4.69) is 13.2 Å². The van der Waals surface area contributed by atoms with Gasteiger partial charge in [-0.15, -0.1) is 0 Å². The van der Waals surface area contributed by atoms with Crippen LogP contribution in [0.4, 0.5) is 5.69 Å². The number of nitrogen functional groups attached to an aromatic ring is 1. The first-order valence-electron chi connectivity index (χ1n) is 3.43. The van der Waals surface area contributed by atoms with Crippen LogP contribution in [0.25, 0.3) is 12.2 Å². The quantitative estimate of drug-likeness (QED) is 0.636. The largest absolute Gasteiger partial charge is 0.398 e. The summed E-state index contributed by atoms with van der Waals surface area (Å²) in [7, 11) is 0. The molecule has 0 saturated carbocycles. The molecule has 0 aliphatic rings. The molecule has 1 aromatic carbocycles. The Hall–Kier alpha value is -1.50. The van der Waals surface area contributed by atoms with Gasteiger partial charge < -0.3 is 5.73 Å². The molecule has 0 spiro atoms. The highest BCUT2D eigenvalue weighted by molar-refractivity contribution is 5.73. The lowest BCUT2D eigenvalue weighted by Gasteiger charge is -2.02. The second kappa shape index (κ2) is 3.06. The lowest BCUT2D eigenvalue weighted by atomic mass is 10.1. The first-order chi connectivity index (χ1) is 5.29. The van der Waals surface area contributed by atoms with Crippen molar-refractivity contribution in [2.45, 2.75) is 0 Å². The third kappa shape index (κ3) is 1.32. The molecule has 0 atom stereocenters. The van der Waals surface area contributed by atoms with Gasteiger partial charge in [-0.1, -0.05) is 37.4 Å². The van der Waals surface area contributed by atoms with E-state index in [1.54, 1.807) is 12.2 Å². The van der Waals surface area contributed by atoms with E-state index in [9.17, 15) is 0 Å².